The highest BCUT2D eigenvalue weighted by molar-refractivity contribution is 7.89. The average molecular weight is 546 g/mol. The van der Waals surface area contributed by atoms with Crippen LogP contribution in [0.15, 0.2) is 88.7 Å². The lowest BCUT2D eigenvalue weighted by Crippen LogP contribution is -2.47. The Morgan fingerprint density at radius 3 is 2.03 bits per heavy atom. The Balaban J connectivity index is 1.46. The van der Waals surface area contributed by atoms with Crippen LogP contribution in [0, 0.1) is 5.82 Å². The largest absolute Gasteiger partial charge is 0.351 e. The van der Waals surface area contributed by atoms with Crippen molar-refractivity contribution in [3.63, 3.8) is 0 Å². The van der Waals surface area contributed by atoms with Crippen LogP contribution < -0.4 is 10.0 Å². The first-order valence-corrected chi connectivity index (χ1v) is 14.8. The van der Waals surface area contributed by atoms with Crippen LogP contribution in [-0.2, 0) is 37.8 Å². The number of sulfonamides is 2. The number of hydrogen-bond donors (Lipinski definition) is 2. The topological polar surface area (TPSA) is 113 Å². The van der Waals surface area contributed by atoms with Gasteiger partial charge in [0.1, 0.15) is 11.9 Å². The van der Waals surface area contributed by atoms with Gasteiger partial charge in [-0.2, -0.15) is 9.03 Å². The number of benzene rings is 3. The van der Waals surface area contributed by atoms with Crippen molar-refractivity contribution in [2.75, 3.05) is 13.1 Å². The molecule has 0 aromatic heterocycles. The first-order valence-electron chi connectivity index (χ1n) is 11.8. The van der Waals surface area contributed by atoms with Gasteiger partial charge in [-0.05, 0) is 66.8 Å². The van der Waals surface area contributed by atoms with E-state index in [1.54, 1.807) is 36.4 Å². The van der Waals surface area contributed by atoms with Gasteiger partial charge in [-0.15, -0.1) is 0 Å². The average Bonchev–Trinajstić information content (AvgIpc) is 3.44. The van der Waals surface area contributed by atoms with Gasteiger partial charge < -0.3 is 5.32 Å². The summed E-state index contributed by atoms with van der Waals surface area (Å²) in [5, 5.41) is 2.73. The van der Waals surface area contributed by atoms with Crippen LogP contribution in [-0.4, -0.2) is 46.2 Å². The molecule has 11 heteroatoms. The molecule has 8 nitrogen and oxygen atoms in total. The van der Waals surface area contributed by atoms with E-state index in [-0.39, 0.29) is 22.8 Å². The van der Waals surface area contributed by atoms with Gasteiger partial charge in [0.2, 0.25) is 26.0 Å². The molecular formula is C26H28FN3O5S2. The summed E-state index contributed by atoms with van der Waals surface area (Å²) >= 11 is 0. The zero-order chi connectivity index (χ0) is 26.5. The Labute approximate surface area is 216 Å². The fourth-order valence-electron chi connectivity index (χ4n) is 4.08. The van der Waals surface area contributed by atoms with Gasteiger partial charge in [-0.1, -0.05) is 42.5 Å². The van der Waals surface area contributed by atoms with Crippen molar-refractivity contribution in [2.45, 2.75) is 41.6 Å². The van der Waals surface area contributed by atoms with E-state index in [1.807, 2.05) is 6.07 Å². The van der Waals surface area contributed by atoms with Crippen molar-refractivity contribution < 1.29 is 26.0 Å². The Bertz CT molecular complexity index is 1420. The van der Waals surface area contributed by atoms with E-state index in [0.29, 0.717) is 18.7 Å². The van der Waals surface area contributed by atoms with Crippen molar-refractivity contribution in [2.24, 2.45) is 0 Å². The second-order valence-corrected chi connectivity index (χ2v) is 12.4. The van der Waals surface area contributed by atoms with E-state index < -0.39 is 37.8 Å². The predicted octanol–water partition coefficient (Wildman–Crippen LogP) is 2.82. The minimum Gasteiger partial charge on any atom is -0.351 e. The van der Waals surface area contributed by atoms with E-state index in [2.05, 4.69) is 10.0 Å². The van der Waals surface area contributed by atoms with Gasteiger partial charge in [0.05, 0.1) is 9.79 Å². The fourth-order valence-corrected chi connectivity index (χ4v) is 6.79. The molecule has 1 unspecified atom stereocenters. The first kappa shape index (κ1) is 26.9. The molecule has 1 amide bonds. The van der Waals surface area contributed by atoms with E-state index in [1.165, 1.54) is 16.4 Å². The molecule has 4 rings (SSSR count). The third-order valence-corrected chi connectivity index (χ3v) is 9.51. The number of nitrogens with one attached hydrogen (secondary N) is 2. The smallest absolute Gasteiger partial charge is 0.243 e. The first-order chi connectivity index (χ1) is 17.6. The molecule has 0 bridgehead atoms. The number of carbonyl (C=O) groups is 1. The lowest BCUT2D eigenvalue weighted by atomic mass is 10.1. The van der Waals surface area contributed by atoms with Gasteiger partial charge >= 0.3 is 0 Å². The third-order valence-electron chi connectivity index (χ3n) is 6.11. The minimum atomic E-state index is -4.10. The molecule has 3 aromatic carbocycles. The standard InChI is InChI=1S/C26H28FN3O5S2/c27-22-10-14-23(15-11-22)36(32,33)29-25(18-20-6-2-1-3-7-20)26(31)28-19-21-8-12-24(13-9-21)37(34,35)30-16-4-5-17-30/h1-3,6-15,25,29H,4-5,16-19H2,(H,28,31). The van der Waals surface area contributed by atoms with Crippen molar-refractivity contribution in [1.29, 1.82) is 0 Å². The molecule has 196 valence electrons. The SMILES string of the molecule is O=C(NCc1ccc(S(=O)(=O)N2CCCC2)cc1)C(Cc1ccccc1)NS(=O)(=O)c1ccc(F)cc1. The van der Waals surface area contributed by atoms with Crippen molar-refractivity contribution >= 4 is 26.0 Å². The Morgan fingerprint density at radius 1 is 0.811 bits per heavy atom. The molecule has 1 atom stereocenters. The lowest BCUT2D eigenvalue weighted by molar-refractivity contribution is -0.122. The maximum Gasteiger partial charge on any atom is 0.243 e. The molecule has 1 aliphatic rings. The summed E-state index contributed by atoms with van der Waals surface area (Å²) in [6, 6.07) is 18.4. The maximum atomic E-state index is 13.3. The monoisotopic (exact) mass is 545 g/mol. The van der Waals surface area contributed by atoms with Crippen molar-refractivity contribution in [1.82, 2.24) is 14.3 Å². The predicted molar refractivity (Wildman–Crippen MR) is 137 cm³/mol. The Hall–Kier alpha value is -3.12. The van der Waals surface area contributed by atoms with Gasteiger partial charge in [-0.3, -0.25) is 4.79 Å². The van der Waals surface area contributed by atoms with E-state index in [9.17, 15) is 26.0 Å². The lowest BCUT2D eigenvalue weighted by Gasteiger charge is -2.19. The Morgan fingerprint density at radius 2 is 1.41 bits per heavy atom. The summed E-state index contributed by atoms with van der Waals surface area (Å²) in [5.74, 6) is -1.12. The maximum absolute atomic E-state index is 13.3. The van der Waals surface area contributed by atoms with Gasteiger partial charge in [0.15, 0.2) is 0 Å². The van der Waals surface area contributed by atoms with Crippen molar-refractivity contribution in [3.05, 3.63) is 95.8 Å². The second-order valence-electron chi connectivity index (χ2n) is 8.79. The zero-order valence-electron chi connectivity index (χ0n) is 20.0. The quantitative estimate of drug-likeness (QED) is 0.407. The molecule has 0 aliphatic carbocycles. The van der Waals surface area contributed by atoms with Crippen molar-refractivity contribution in [3.8, 4) is 0 Å². The van der Waals surface area contributed by atoms with Crippen LogP contribution in [0.3, 0.4) is 0 Å². The highest BCUT2D eigenvalue weighted by Crippen LogP contribution is 2.21. The molecule has 3 aromatic rings. The van der Waals surface area contributed by atoms with E-state index in [0.717, 1.165) is 42.7 Å². The summed E-state index contributed by atoms with van der Waals surface area (Å²) in [6.07, 6.45) is 1.79. The summed E-state index contributed by atoms with van der Waals surface area (Å²) in [7, 11) is -7.64. The van der Waals surface area contributed by atoms with Crippen LogP contribution in [0.5, 0.6) is 0 Å². The van der Waals surface area contributed by atoms with Gasteiger partial charge in [-0.25, -0.2) is 21.2 Å². The normalized spacial score (nSPS) is 15.4. The summed E-state index contributed by atoms with van der Waals surface area (Å²) < 4.78 is 68.4. The third kappa shape index (κ3) is 6.80. The zero-order valence-corrected chi connectivity index (χ0v) is 21.6. The van der Waals surface area contributed by atoms with Crippen LogP contribution in [0.25, 0.3) is 0 Å². The Kier molecular flexibility index (Phi) is 8.38. The number of nitrogens with zero attached hydrogens (tertiary/aromatic N) is 1. The van der Waals surface area contributed by atoms with E-state index >= 15 is 0 Å². The number of carbonyl (C=O) groups excluding carboxylic acids is 1. The minimum absolute atomic E-state index is 0.0758. The van der Waals surface area contributed by atoms with Crippen LogP contribution in [0.4, 0.5) is 4.39 Å². The summed E-state index contributed by atoms with van der Waals surface area (Å²) in [5.41, 5.74) is 1.41. The molecule has 1 saturated heterocycles. The fraction of sp³-hybridized carbons (Fsp3) is 0.269. The molecular weight excluding hydrogens is 517 g/mol. The van der Waals surface area contributed by atoms with Gasteiger partial charge in [0, 0.05) is 19.6 Å². The molecule has 37 heavy (non-hydrogen) atoms. The molecule has 0 spiro atoms. The number of amides is 1. The molecule has 0 saturated carbocycles. The van der Waals surface area contributed by atoms with Crippen LogP contribution in [0.1, 0.15) is 24.0 Å². The molecule has 2 N–H and O–H groups in total. The highest BCUT2D eigenvalue weighted by Gasteiger charge is 2.28. The number of rotatable bonds is 10. The second kappa shape index (κ2) is 11.5. The molecule has 1 heterocycles. The van der Waals surface area contributed by atoms with E-state index in [4.69, 9.17) is 0 Å². The summed E-state index contributed by atoms with van der Waals surface area (Å²) in [6.45, 7) is 1.10. The number of halogens is 1. The summed E-state index contributed by atoms with van der Waals surface area (Å²) in [4.78, 5) is 13.1. The highest BCUT2D eigenvalue weighted by atomic mass is 32.2. The van der Waals surface area contributed by atoms with Crippen LogP contribution >= 0.6 is 0 Å². The van der Waals surface area contributed by atoms with Crippen LogP contribution in [0.2, 0.25) is 0 Å². The molecule has 1 aliphatic heterocycles. The molecule has 1 fully saturated rings. The molecule has 0 radical (unpaired) electrons. The van der Waals surface area contributed by atoms with Gasteiger partial charge in [0.25, 0.3) is 0 Å². The number of hydrogen-bond acceptors (Lipinski definition) is 5.